The molecule has 1 aliphatic heterocycles. The number of amides is 3. The maximum atomic E-state index is 12.4. The molecule has 1 heterocycles. The molecule has 0 spiro atoms. The fraction of sp³-hybridized carbons (Fsp3) is 0.0909. The number of para-hydroxylation sites is 1. The van der Waals surface area contributed by atoms with E-state index in [1.54, 1.807) is 36.4 Å². The number of nitrogens with one attached hydrogen (secondary N) is 4. The zero-order valence-corrected chi connectivity index (χ0v) is 15.6. The van der Waals surface area contributed by atoms with Crippen LogP contribution in [0.2, 0.25) is 0 Å². The summed E-state index contributed by atoms with van der Waals surface area (Å²) in [5.41, 5.74) is 2.69. The summed E-state index contributed by atoms with van der Waals surface area (Å²) in [6, 6.07) is 20.9. The molecule has 0 unspecified atom stereocenters. The van der Waals surface area contributed by atoms with Crippen LogP contribution in [0.15, 0.2) is 72.8 Å². The normalized spacial score (nSPS) is 12.0. The molecule has 0 saturated carbocycles. The molecule has 0 radical (unpaired) electrons. The van der Waals surface area contributed by atoms with Gasteiger partial charge in [-0.3, -0.25) is 10.1 Å². The van der Waals surface area contributed by atoms with Gasteiger partial charge >= 0.3 is 6.03 Å². The first kappa shape index (κ1) is 18.4. The number of hydrogen-bond donors (Lipinski definition) is 4. The Morgan fingerprint density at radius 2 is 1.55 bits per heavy atom. The Balaban J connectivity index is 1.38. The monoisotopic (exact) mass is 388 g/mol. The number of anilines is 3. The van der Waals surface area contributed by atoms with Crippen LogP contribution in [0, 0.1) is 0 Å². The van der Waals surface area contributed by atoms with Gasteiger partial charge in [-0.2, -0.15) is 0 Å². The van der Waals surface area contributed by atoms with Crippen molar-refractivity contribution in [2.24, 2.45) is 0 Å². The Hall–Kier alpha value is -4.00. The molecule has 0 aromatic heterocycles. The summed E-state index contributed by atoms with van der Waals surface area (Å²) < 4.78 is 5.75. The van der Waals surface area contributed by atoms with E-state index in [0.717, 1.165) is 24.5 Å². The third-order valence-corrected chi connectivity index (χ3v) is 4.34. The average molecular weight is 388 g/mol. The van der Waals surface area contributed by atoms with Gasteiger partial charge in [0, 0.05) is 30.4 Å². The summed E-state index contributed by atoms with van der Waals surface area (Å²) in [5, 5.41) is 11.5. The molecule has 0 saturated heterocycles. The summed E-state index contributed by atoms with van der Waals surface area (Å²) in [6.07, 6.45) is 0. The molecule has 4 rings (SSSR count). The first-order chi connectivity index (χ1) is 14.2. The number of fused-ring (bicyclic) bond motifs is 1. The van der Waals surface area contributed by atoms with Crippen molar-refractivity contribution in [3.8, 4) is 11.5 Å². The lowest BCUT2D eigenvalue weighted by molar-refractivity contribution is 0.0967. The molecule has 7 heteroatoms. The standard InChI is InChI=1S/C22H20N4O3/c27-21(15-9-10-19-20(13-15)24-12-11-23-19)26-22(28)25-16-5-4-8-18(14-16)29-17-6-2-1-3-7-17/h1-10,13-14,23-24H,11-12H2,(H2,25,26,27,28). The fourth-order valence-corrected chi connectivity index (χ4v) is 2.98. The van der Waals surface area contributed by atoms with E-state index < -0.39 is 11.9 Å². The largest absolute Gasteiger partial charge is 0.457 e. The van der Waals surface area contributed by atoms with E-state index in [0.29, 0.717) is 22.7 Å². The predicted octanol–water partition coefficient (Wildman–Crippen LogP) is 4.28. The Morgan fingerprint density at radius 3 is 2.38 bits per heavy atom. The van der Waals surface area contributed by atoms with Crippen LogP contribution in [0.3, 0.4) is 0 Å². The Morgan fingerprint density at radius 1 is 0.793 bits per heavy atom. The molecule has 0 bridgehead atoms. The lowest BCUT2D eigenvalue weighted by Crippen LogP contribution is -2.34. The number of carbonyl (C=O) groups is 2. The molecule has 3 aromatic rings. The maximum Gasteiger partial charge on any atom is 0.326 e. The molecule has 1 aliphatic rings. The third kappa shape index (κ3) is 4.65. The van der Waals surface area contributed by atoms with E-state index in [9.17, 15) is 9.59 Å². The Kier molecular flexibility index (Phi) is 5.29. The van der Waals surface area contributed by atoms with Crippen molar-refractivity contribution in [1.29, 1.82) is 0 Å². The number of imide groups is 1. The van der Waals surface area contributed by atoms with Crippen LogP contribution in [0.1, 0.15) is 10.4 Å². The smallest absolute Gasteiger partial charge is 0.326 e. The Labute approximate surface area is 168 Å². The van der Waals surface area contributed by atoms with E-state index in [1.807, 2.05) is 36.4 Å². The van der Waals surface area contributed by atoms with Crippen molar-refractivity contribution in [2.45, 2.75) is 0 Å². The summed E-state index contributed by atoms with van der Waals surface area (Å²) in [6.45, 7) is 1.61. The van der Waals surface area contributed by atoms with Crippen molar-refractivity contribution in [3.63, 3.8) is 0 Å². The van der Waals surface area contributed by atoms with E-state index >= 15 is 0 Å². The molecule has 146 valence electrons. The predicted molar refractivity (Wildman–Crippen MR) is 113 cm³/mol. The summed E-state index contributed by atoms with van der Waals surface area (Å²) in [4.78, 5) is 24.6. The van der Waals surface area contributed by atoms with Crippen LogP contribution in [0.5, 0.6) is 11.5 Å². The number of carbonyl (C=O) groups excluding carboxylic acids is 2. The first-order valence-electron chi connectivity index (χ1n) is 9.24. The van der Waals surface area contributed by atoms with Gasteiger partial charge in [-0.1, -0.05) is 24.3 Å². The number of benzene rings is 3. The van der Waals surface area contributed by atoms with Crippen LogP contribution < -0.4 is 26.0 Å². The summed E-state index contributed by atoms with van der Waals surface area (Å²) >= 11 is 0. The second-order valence-corrected chi connectivity index (χ2v) is 6.47. The van der Waals surface area contributed by atoms with E-state index in [2.05, 4.69) is 21.3 Å². The van der Waals surface area contributed by atoms with Gasteiger partial charge in [-0.25, -0.2) is 4.79 Å². The highest BCUT2D eigenvalue weighted by Gasteiger charge is 2.14. The minimum atomic E-state index is -0.615. The van der Waals surface area contributed by atoms with Gasteiger partial charge in [0.25, 0.3) is 5.91 Å². The lowest BCUT2D eigenvalue weighted by Gasteiger charge is -2.20. The van der Waals surface area contributed by atoms with Crippen LogP contribution in [0.4, 0.5) is 21.9 Å². The van der Waals surface area contributed by atoms with Crippen LogP contribution in [0.25, 0.3) is 0 Å². The van der Waals surface area contributed by atoms with Gasteiger partial charge in [-0.15, -0.1) is 0 Å². The molecule has 0 atom stereocenters. The van der Waals surface area contributed by atoms with Crippen molar-refractivity contribution in [1.82, 2.24) is 5.32 Å². The van der Waals surface area contributed by atoms with Gasteiger partial charge in [0.15, 0.2) is 0 Å². The second-order valence-electron chi connectivity index (χ2n) is 6.47. The first-order valence-corrected chi connectivity index (χ1v) is 9.24. The lowest BCUT2D eigenvalue weighted by atomic mass is 10.1. The maximum absolute atomic E-state index is 12.4. The van der Waals surface area contributed by atoms with Crippen LogP contribution in [-0.4, -0.2) is 25.0 Å². The number of rotatable bonds is 4. The topological polar surface area (TPSA) is 91.5 Å². The van der Waals surface area contributed by atoms with Gasteiger partial charge in [0.2, 0.25) is 0 Å². The molecule has 29 heavy (non-hydrogen) atoms. The number of hydrogen-bond acceptors (Lipinski definition) is 5. The highest BCUT2D eigenvalue weighted by Crippen LogP contribution is 2.26. The molecule has 0 aliphatic carbocycles. The van der Waals surface area contributed by atoms with Gasteiger partial charge in [0.05, 0.1) is 11.4 Å². The Bertz CT molecular complexity index is 1040. The van der Waals surface area contributed by atoms with E-state index in [4.69, 9.17) is 4.74 Å². The van der Waals surface area contributed by atoms with Gasteiger partial charge < -0.3 is 20.7 Å². The van der Waals surface area contributed by atoms with Crippen molar-refractivity contribution in [2.75, 3.05) is 29.0 Å². The minimum absolute atomic E-state index is 0.399. The average Bonchev–Trinajstić information content (AvgIpc) is 2.74. The highest BCUT2D eigenvalue weighted by atomic mass is 16.5. The van der Waals surface area contributed by atoms with Gasteiger partial charge in [-0.05, 0) is 42.5 Å². The molecule has 0 fully saturated rings. The number of urea groups is 1. The van der Waals surface area contributed by atoms with Crippen molar-refractivity contribution < 1.29 is 14.3 Å². The van der Waals surface area contributed by atoms with Crippen molar-refractivity contribution in [3.05, 3.63) is 78.4 Å². The minimum Gasteiger partial charge on any atom is -0.457 e. The number of ether oxygens (including phenoxy) is 1. The van der Waals surface area contributed by atoms with Crippen LogP contribution in [-0.2, 0) is 0 Å². The third-order valence-electron chi connectivity index (χ3n) is 4.34. The molecular formula is C22H20N4O3. The molecule has 7 nitrogen and oxygen atoms in total. The zero-order valence-electron chi connectivity index (χ0n) is 15.6. The summed E-state index contributed by atoms with van der Waals surface area (Å²) in [7, 11) is 0. The SMILES string of the molecule is O=C(NC(=O)c1ccc2c(c1)NCCN2)Nc1cccc(Oc2ccccc2)c1. The molecule has 3 aromatic carbocycles. The quantitative estimate of drug-likeness (QED) is 0.536. The molecule has 4 N–H and O–H groups in total. The molecular weight excluding hydrogens is 368 g/mol. The second kappa shape index (κ2) is 8.35. The summed E-state index contributed by atoms with van der Waals surface area (Å²) in [5.74, 6) is 0.794. The van der Waals surface area contributed by atoms with Crippen molar-refractivity contribution >= 4 is 29.0 Å². The van der Waals surface area contributed by atoms with E-state index in [1.165, 1.54) is 0 Å². The zero-order chi connectivity index (χ0) is 20.1. The molecule has 3 amide bonds. The van der Waals surface area contributed by atoms with Crippen LogP contribution >= 0.6 is 0 Å². The van der Waals surface area contributed by atoms with Gasteiger partial charge in [0.1, 0.15) is 11.5 Å². The van der Waals surface area contributed by atoms with E-state index in [-0.39, 0.29) is 0 Å². The fourth-order valence-electron chi connectivity index (χ4n) is 2.98. The highest BCUT2D eigenvalue weighted by molar-refractivity contribution is 6.08.